The zero-order chi connectivity index (χ0) is 14.8. The highest BCUT2D eigenvalue weighted by molar-refractivity contribution is 7.89. The summed E-state index contributed by atoms with van der Waals surface area (Å²) < 4.78 is 28.1. The number of unbranched alkanes of at least 4 members (excludes halogenated alkanes) is 2. The van der Waals surface area contributed by atoms with Crippen LogP contribution in [0, 0.1) is 0 Å². The van der Waals surface area contributed by atoms with Crippen molar-refractivity contribution in [3.63, 3.8) is 0 Å². The maximum atomic E-state index is 12.6. The van der Waals surface area contributed by atoms with E-state index in [2.05, 4.69) is 11.9 Å². The number of imidazole rings is 1. The standard InChI is InChI=1S/C13H18ClN3O2S/c1-3-4-6-9-16(2)20(18,19)13-12(14)15-11-8-5-7-10-17(11)13/h5,7-8,10H,3-4,6,9H2,1-2H3. The second kappa shape index (κ2) is 6.11. The summed E-state index contributed by atoms with van der Waals surface area (Å²) in [5, 5.41) is 0.0484. The lowest BCUT2D eigenvalue weighted by atomic mass is 10.2. The molecule has 0 saturated heterocycles. The van der Waals surface area contributed by atoms with Gasteiger partial charge in [-0.15, -0.1) is 0 Å². The van der Waals surface area contributed by atoms with E-state index in [9.17, 15) is 8.42 Å². The van der Waals surface area contributed by atoms with Crippen LogP contribution in [0.1, 0.15) is 26.2 Å². The summed E-state index contributed by atoms with van der Waals surface area (Å²) in [4.78, 5) is 4.08. The largest absolute Gasteiger partial charge is 0.288 e. The van der Waals surface area contributed by atoms with Gasteiger partial charge >= 0.3 is 0 Å². The fourth-order valence-electron chi connectivity index (χ4n) is 2.03. The van der Waals surface area contributed by atoms with E-state index in [1.165, 1.54) is 8.71 Å². The van der Waals surface area contributed by atoms with Crippen LogP contribution in [0.2, 0.25) is 5.15 Å². The normalized spacial score (nSPS) is 12.4. The van der Waals surface area contributed by atoms with E-state index >= 15 is 0 Å². The van der Waals surface area contributed by atoms with Gasteiger partial charge in [0.05, 0.1) is 0 Å². The molecule has 0 atom stereocenters. The first kappa shape index (κ1) is 15.3. The molecule has 7 heteroatoms. The average molecular weight is 316 g/mol. The molecule has 20 heavy (non-hydrogen) atoms. The Balaban J connectivity index is 2.39. The van der Waals surface area contributed by atoms with Crippen LogP contribution in [-0.2, 0) is 10.0 Å². The van der Waals surface area contributed by atoms with Crippen molar-refractivity contribution in [1.29, 1.82) is 0 Å². The van der Waals surface area contributed by atoms with E-state index < -0.39 is 10.0 Å². The highest BCUT2D eigenvalue weighted by atomic mass is 35.5. The van der Waals surface area contributed by atoms with Gasteiger partial charge in [0.1, 0.15) is 5.65 Å². The molecule has 0 saturated carbocycles. The molecule has 0 aromatic carbocycles. The average Bonchev–Trinajstić information content (AvgIpc) is 2.75. The predicted octanol–water partition coefficient (Wildman–Crippen LogP) is 2.80. The van der Waals surface area contributed by atoms with Crippen LogP contribution < -0.4 is 0 Å². The second-order valence-corrected chi connectivity index (χ2v) is 6.99. The van der Waals surface area contributed by atoms with Crippen molar-refractivity contribution in [2.75, 3.05) is 13.6 Å². The van der Waals surface area contributed by atoms with Gasteiger partial charge in [-0.1, -0.05) is 37.4 Å². The van der Waals surface area contributed by atoms with Gasteiger partial charge in [-0.05, 0) is 18.6 Å². The van der Waals surface area contributed by atoms with Crippen LogP contribution in [0.5, 0.6) is 0 Å². The number of nitrogens with zero attached hydrogens (tertiary/aromatic N) is 3. The molecule has 0 aliphatic carbocycles. The number of hydrogen-bond donors (Lipinski definition) is 0. The van der Waals surface area contributed by atoms with E-state index in [4.69, 9.17) is 11.6 Å². The Hall–Kier alpha value is -1.11. The highest BCUT2D eigenvalue weighted by Crippen LogP contribution is 2.25. The van der Waals surface area contributed by atoms with Crippen molar-refractivity contribution in [1.82, 2.24) is 13.7 Å². The molecule has 0 aliphatic heterocycles. The first-order chi connectivity index (χ1) is 9.48. The molecular formula is C13H18ClN3O2S. The van der Waals surface area contributed by atoms with Crippen LogP contribution in [0.15, 0.2) is 29.4 Å². The lowest BCUT2D eigenvalue weighted by molar-refractivity contribution is 0.451. The number of hydrogen-bond acceptors (Lipinski definition) is 3. The van der Waals surface area contributed by atoms with Crippen molar-refractivity contribution in [3.05, 3.63) is 29.5 Å². The Morgan fingerprint density at radius 2 is 2.10 bits per heavy atom. The van der Waals surface area contributed by atoms with Crippen molar-refractivity contribution in [3.8, 4) is 0 Å². The van der Waals surface area contributed by atoms with Gasteiger partial charge in [-0.3, -0.25) is 4.40 Å². The summed E-state index contributed by atoms with van der Waals surface area (Å²) in [6.07, 6.45) is 4.53. The van der Waals surface area contributed by atoms with E-state index in [-0.39, 0.29) is 10.2 Å². The van der Waals surface area contributed by atoms with Crippen LogP contribution in [0.3, 0.4) is 0 Å². The van der Waals surface area contributed by atoms with Gasteiger partial charge in [-0.25, -0.2) is 13.4 Å². The Morgan fingerprint density at radius 3 is 2.80 bits per heavy atom. The second-order valence-electron chi connectivity index (χ2n) is 4.67. The SMILES string of the molecule is CCCCCN(C)S(=O)(=O)c1c(Cl)nc2ccccn12. The number of halogens is 1. The molecule has 0 N–H and O–H groups in total. The number of fused-ring (bicyclic) bond motifs is 1. The Kier molecular flexibility index (Phi) is 4.67. The smallest absolute Gasteiger partial charge is 0.262 e. The molecule has 2 aromatic rings. The number of rotatable bonds is 6. The van der Waals surface area contributed by atoms with E-state index in [1.807, 2.05) is 0 Å². The third kappa shape index (κ3) is 2.82. The lowest BCUT2D eigenvalue weighted by Gasteiger charge is -2.16. The predicted molar refractivity (Wildman–Crippen MR) is 79.5 cm³/mol. The van der Waals surface area contributed by atoms with Gasteiger partial charge in [0.25, 0.3) is 10.0 Å². The van der Waals surface area contributed by atoms with E-state index in [0.29, 0.717) is 12.2 Å². The quantitative estimate of drug-likeness (QED) is 0.770. The minimum Gasteiger partial charge on any atom is -0.288 e. The molecule has 0 spiro atoms. The maximum absolute atomic E-state index is 12.6. The number of sulfonamides is 1. The topological polar surface area (TPSA) is 54.7 Å². The zero-order valence-corrected chi connectivity index (χ0v) is 13.2. The summed E-state index contributed by atoms with van der Waals surface area (Å²) in [7, 11) is -2.06. The minimum atomic E-state index is -3.63. The van der Waals surface area contributed by atoms with Gasteiger partial charge in [-0.2, -0.15) is 4.31 Å². The molecule has 110 valence electrons. The van der Waals surface area contributed by atoms with Gasteiger partial charge in [0, 0.05) is 19.8 Å². The molecule has 0 bridgehead atoms. The van der Waals surface area contributed by atoms with Crippen LogP contribution in [0.4, 0.5) is 0 Å². The molecular weight excluding hydrogens is 298 g/mol. The molecule has 0 radical (unpaired) electrons. The molecule has 0 aliphatic rings. The third-order valence-electron chi connectivity index (χ3n) is 3.18. The van der Waals surface area contributed by atoms with Gasteiger partial charge in [0.2, 0.25) is 0 Å². The molecule has 2 heterocycles. The first-order valence-corrected chi connectivity index (χ1v) is 8.39. The maximum Gasteiger partial charge on any atom is 0.262 e. The molecule has 2 aromatic heterocycles. The summed E-state index contributed by atoms with van der Waals surface area (Å²) in [6.45, 7) is 2.56. The fourth-order valence-corrected chi connectivity index (χ4v) is 3.82. The summed E-state index contributed by atoms with van der Waals surface area (Å²) in [5.74, 6) is 0. The van der Waals surface area contributed by atoms with Crippen LogP contribution >= 0.6 is 11.6 Å². The van der Waals surface area contributed by atoms with Gasteiger partial charge in [0.15, 0.2) is 10.2 Å². The van der Waals surface area contributed by atoms with Crippen molar-refractivity contribution in [2.45, 2.75) is 31.2 Å². The lowest BCUT2D eigenvalue weighted by Crippen LogP contribution is -2.29. The van der Waals surface area contributed by atoms with Gasteiger partial charge < -0.3 is 0 Å². The van der Waals surface area contributed by atoms with E-state index in [0.717, 1.165) is 19.3 Å². The zero-order valence-electron chi connectivity index (χ0n) is 11.6. The Labute approximate surface area is 124 Å². The number of aromatic nitrogens is 2. The monoisotopic (exact) mass is 315 g/mol. The summed E-state index contributed by atoms with van der Waals surface area (Å²) in [6, 6.07) is 5.27. The van der Waals surface area contributed by atoms with Crippen molar-refractivity contribution >= 4 is 27.3 Å². The molecule has 0 amide bonds. The van der Waals surface area contributed by atoms with Crippen molar-refractivity contribution in [2.24, 2.45) is 0 Å². The van der Waals surface area contributed by atoms with E-state index in [1.54, 1.807) is 31.4 Å². The van der Waals surface area contributed by atoms with Crippen LogP contribution in [0.25, 0.3) is 5.65 Å². The Morgan fingerprint density at radius 1 is 1.35 bits per heavy atom. The summed E-state index contributed by atoms with van der Waals surface area (Å²) in [5.41, 5.74) is 0.526. The first-order valence-electron chi connectivity index (χ1n) is 6.57. The van der Waals surface area contributed by atoms with Crippen LogP contribution in [-0.4, -0.2) is 35.7 Å². The minimum absolute atomic E-state index is 0.0125. The molecule has 5 nitrogen and oxygen atoms in total. The summed E-state index contributed by atoms with van der Waals surface area (Å²) >= 11 is 6.02. The Bertz CT molecular complexity index is 697. The van der Waals surface area contributed by atoms with Crippen molar-refractivity contribution < 1.29 is 8.42 Å². The number of pyridine rings is 1. The molecule has 0 unspecified atom stereocenters. The molecule has 0 fully saturated rings. The molecule has 2 rings (SSSR count). The highest BCUT2D eigenvalue weighted by Gasteiger charge is 2.28. The fraction of sp³-hybridized carbons (Fsp3) is 0.462. The third-order valence-corrected chi connectivity index (χ3v) is 5.44.